The van der Waals surface area contributed by atoms with Crippen LogP contribution in [0.3, 0.4) is 0 Å². The van der Waals surface area contributed by atoms with Gasteiger partial charge in [0.15, 0.2) is 11.4 Å². The molecule has 1 fully saturated rings. The molecule has 1 aliphatic carbocycles. The molecule has 2 aromatic rings. The topological polar surface area (TPSA) is 112 Å². The fourth-order valence-electron chi connectivity index (χ4n) is 3.34. The molecular weight excluding hydrogens is 429 g/mol. The number of benzene rings is 2. The number of carboxylic acids is 2. The Kier molecular flexibility index (Phi) is 6.05. The van der Waals surface area contributed by atoms with Gasteiger partial charge in [0, 0.05) is 24.0 Å². The van der Waals surface area contributed by atoms with Gasteiger partial charge in [0.25, 0.3) is 0 Å². The summed E-state index contributed by atoms with van der Waals surface area (Å²) in [6.07, 6.45) is -4.54. The average molecular weight is 446 g/mol. The third-order valence-corrected chi connectivity index (χ3v) is 5.07. The third kappa shape index (κ3) is 4.78. The molecule has 166 valence electrons. The number of aliphatic hydroxyl groups is 1. The Balaban J connectivity index is 2.03. The molecule has 0 heterocycles. The van der Waals surface area contributed by atoms with Gasteiger partial charge in [-0.3, -0.25) is 4.79 Å². The predicted octanol–water partition coefficient (Wildman–Crippen LogP) is 4.21. The number of alkyl halides is 3. The molecule has 3 rings (SSSR count). The van der Waals surface area contributed by atoms with Crippen LogP contribution in [0.2, 0.25) is 0 Å². The van der Waals surface area contributed by atoms with Crippen LogP contribution in [0.1, 0.15) is 44.7 Å². The Hall–Kier alpha value is -3.72. The molecule has 0 unspecified atom stereocenters. The Bertz CT molecular complexity index is 1050. The second-order valence-corrected chi connectivity index (χ2v) is 7.41. The molecular formula is C23H17F3O6. The number of aromatic carboxylic acids is 2. The van der Waals surface area contributed by atoms with Crippen LogP contribution in [0.15, 0.2) is 59.7 Å². The number of halogens is 3. The van der Waals surface area contributed by atoms with Crippen LogP contribution in [0.25, 0.3) is 12.2 Å². The lowest BCUT2D eigenvalue weighted by Crippen LogP contribution is -2.49. The van der Waals surface area contributed by atoms with Crippen LogP contribution in [-0.4, -0.2) is 44.8 Å². The standard InChI is InChI=1S/C23H17F3O6/c24-23(25,26)22(32)11-17(9-13-1-5-15(6-2-13)20(28)29)19(27)18(12-22)10-14-3-7-16(8-4-14)21(30)31/h1-10,32H,11-12H2,(H,28,29)(H,30,31). The number of carbonyl (C=O) groups is 3. The van der Waals surface area contributed by atoms with Gasteiger partial charge in [-0.1, -0.05) is 24.3 Å². The van der Waals surface area contributed by atoms with Gasteiger partial charge in [-0.15, -0.1) is 0 Å². The summed E-state index contributed by atoms with van der Waals surface area (Å²) in [5, 5.41) is 28.2. The predicted molar refractivity (Wildman–Crippen MR) is 108 cm³/mol. The van der Waals surface area contributed by atoms with Crippen molar-refractivity contribution >= 4 is 29.9 Å². The largest absolute Gasteiger partial charge is 0.478 e. The summed E-state index contributed by atoms with van der Waals surface area (Å²) >= 11 is 0. The molecule has 0 aromatic heterocycles. The number of ketones is 1. The monoisotopic (exact) mass is 446 g/mol. The van der Waals surface area contributed by atoms with E-state index in [1.165, 1.54) is 60.7 Å². The molecule has 0 atom stereocenters. The lowest BCUT2D eigenvalue weighted by atomic mass is 9.76. The number of hydrogen-bond donors (Lipinski definition) is 3. The van der Waals surface area contributed by atoms with Crippen molar-refractivity contribution in [3.63, 3.8) is 0 Å². The van der Waals surface area contributed by atoms with Crippen LogP contribution >= 0.6 is 0 Å². The van der Waals surface area contributed by atoms with E-state index in [1.54, 1.807) is 0 Å². The first kappa shape index (κ1) is 23.0. The highest BCUT2D eigenvalue weighted by Crippen LogP contribution is 2.45. The average Bonchev–Trinajstić information content (AvgIpc) is 2.71. The number of hydrogen-bond acceptors (Lipinski definition) is 4. The molecule has 0 spiro atoms. The van der Waals surface area contributed by atoms with Gasteiger partial charge in [0.2, 0.25) is 0 Å². The van der Waals surface area contributed by atoms with Gasteiger partial charge in [0.1, 0.15) is 0 Å². The van der Waals surface area contributed by atoms with E-state index in [2.05, 4.69) is 0 Å². The molecule has 9 heteroatoms. The van der Waals surface area contributed by atoms with Crippen molar-refractivity contribution in [1.29, 1.82) is 0 Å². The summed E-state index contributed by atoms with van der Waals surface area (Å²) in [6, 6.07) is 10.4. The summed E-state index contributed by atoms with van der Waals surface area (Å²) < 4.78 is 40.8. The Morgan fingerprint density at radius 1 is 0.781 bits per heavy atom. The number of rotatable bonds is 4. The summed E-state index contributed by atoms with van der Waals surface area (Å²) in [5.74, 6) is -3.05. The zero-order chi connectivity index (χ0) is 23.7. The fourth-order valence-corrected chi connectivity index (χ4v) is 3.34. The van der Waals surface area contributed by atoms with E-state index in [4.69, 9.17) is 10.2 Å². The lowest BCUT2D eigenvalue weighted by Gasteiger charge is -2.35. The second-order valence-electron chi connectivity index (χ2n) is 7.41. The zero-order valence-electron chi connectivity index (χ0n) is 16.4. The molecule has 0 amide bonds. The third-order valence-electron chi connectivity index (χ3n) is 5.07. The SMILES string of the molecule is O=C1C(=Cc2ccc(C(=O)O)cc2)CC(O)(C(F)(F)F)CC1=Cc1ccc(C(=O)O)cc1. The quantitative estimate of drug-likeness (QED) is 0.607. The summed E-state index contributed by atoms with van der Waals surface area (Å²) in [4.78, 5) is 34.8. The maximum Gasteiger partial charge on any atom is 0.417 e. The molecule has 1 aliphatic rings. The van der Waals surface area contributed by atoms with Crippen LogP contribution in [0.5, 0.6) is 0 Å². The van der Waals surface area contributed by atoms with Crippen LogP contribution in [0.4, 0.5) is 13.2 Å². The van der Waals surface area contributed by atoms with E-state index in [0.29, 0.717) is 11.1 Å². The van der Waals surface area contributed by atoms with Gasteiger partial charge in [-0.2, -0.15) is 13.2 Å². The van der Waals surface area contributed by atoms with Gasteiger partial charge in [0.05, 0.1) is 11.1 Å². The summed E-state index contributed by atoms with van der Waals surface area (Å²) in [7, 11) is 0. The lowest BCUT2D eigenvalue weighted by molar-refractivity contribution is -0.260. The van der Waals surface area contributed by atoms with E-state index in [-0.39, 0.29) is 22.3 Å². The van der Waals surface area contributed by atoms with Gasteiger partial charge >= 0.3 is 18.1 Å². The van der Waals surface area contributed by atoms with Crippen LogP contribution in [0, 0.1) is 0 Å². The first-order chi connectivity index (χ1) is 14.9. The normalized spacial score (nSPS) is 21.7. The van der Waals surface area contributed by atoms with E-state index >= 15 is 0 Å². The Labute approximate surface area is 179 Å². The van der Waals surface area contributed by atoms with Crippen LogP contribution < -0.4 is 0 Å². The number of Topliss-reactive ketones (excluding diaryl/α,β-unsaturated/α-hetero) is 1. The minimum Gasteiger partial charge on any atom is -0.478 e. The number of carbonyl (C=O) groups excluding carboxylic acids is 1. The molecule has 6 nitrogen and oxygen atoms in total. The maximum atomic E-state index is 13.6. The Morgan fingerprint density at radius 3 is 1.41 bits per heavy atom. The summed E-state index contributed by atoms with van der Waals surface area (Å²) in [6.45, 7) is 0. The van der Waals surface area contributed by atoms with Crippen molar-refractivity contribution < 1.29 is 42.9 Å². The van der Waals surface area contributed by atoms with Crippen molar-refractivity contribution in [1.82, 2.24) is 0 Å². The van der Waals surface area contributed by atoms with E-state index in [9.17, 15) is 32.7 Å². The van der Waals surface area contributed by atoms with E-state index in [1.807, 2.05) is 0 Å². The molecule has 0 aliphatic heterocycles. The molecule has 0 saturated heterocycles. The number of carboxylic acid groups (broad SMARTS) is 2. The fraction of sp³-hybridized carbons (Fsp3) is 0.174. The molecule has 3 N–H and O–H groups in total. The van der Waals surface area contributed by atoms with Crippen molar-refractivity contribution in [3.05, 3.63) is 81.9 Å². The highest BCUT2D eigenvalue weighted by molar-refractivity contribution is 6.14. The van der Waals surface area contributed by atoms with Crippen molar-refractivity contribution in [2.45, 2.75) is 24.6 Å². The molecule has 32 heavy (non-hydrogen) atoms. The smallest absolute Gasteiger partial charge is 0.417 e. The van der Waals surface area contributed by atoms with Crippen molar-refractivity contribution in [2.75, 3.05) is 0 Å². The first-order valence-electron chi connectivity index (χ1n) is 9.31. The second kappa shape index (κ2) is 8.43. The highest BCUT2D eigenvalue weighted by Gasteiger charge is 2.57. The summed E-state index contributed by atoms with van der Waals surface area (Å²) in [5.41, 5.74) is -3.19. The van der Waals surface area contributed by atoms with E-state index < -0.39 is 42.3 Å². The minimum absolute atomic E-state index is 0.0284. The van der Waals surface area contributed by atoms with Gasteiger partial charge in [-0.25, -0.2) is 9.59 Å². The zero-order valence-corrected chi connectivity index (χ0v) is 16.4. The van der Waals surface area contributed by atoms with Crippen molar-refractivity contribution in [2.24, 2.45) is 0 Å². The molecule has 0 radical (unpaired) electrons. The van der Waals surface area contributed by atoms with Crippen LogP contribution in [-0.2, 0) is 4.79 Å². The molecule has 2 aromatic carbocycles. The molecule has 0 bridgehead atoms. The Morgan fingerprint density at radius 2 is 1.12 bits per heavy atom. The maximum absolute atomic E-state index is 13.6. The molecule has 1 saturated carbocycles. The van der Waals surface area contributed by atoms with Gasteiger partial charge in [-0.05, 0) is 47.5 Å². The minimum atomic E-state index is -5.01. The first-order valence-corrected chi connectivity index (χ1v) is 9.31. The van der Waals surface area contributed by atoms with Gasteiger partial charge < -0.3 is 15.3 Å². The van der Waals surface area contributed by atoms with E-state index in [0.717, 1.165) is 0 Å². The van der Waals surface area contributed by atoms with Crippen molar-refractivity contribution in [3.8, 4) is 0 Å². The highest BCUT2D eigenvalue weighted by atomic mass is 19.4.